The van der Waals surface area contributed by atoms with Crippen molar-refractivity contribution in [1.29, 1.82) is 0 Å². The van der Waals surface area contributed by atoms with Crippen molar-refractivity contribution in [1.82, 2.24) is 10.0 Å². The molecule has 176 valence electrons. The van der Waals surface area contributed by atoms with Gasteiger partial charge >= 0.3 is 6.09 Å². The first-order valence-corrected chi connectivity index (χ1v) is 11.8. The minimum Gasteiger partial charge on any atom is -0.442 e. The van der Waals surface area contributed by atoms with Gasteiger partial charge < -0.3 is 14.8 Å². The Morgan fingerprint density at radius 1 is 1.12 bits per heavy atom. The number of carbonyl (C=O) groups is 1. The Balaban J connectivity index is 1.66. The predicted molar refractivity (Wildman–Crippen MR) is 121 cm³/mol. The number of nitrogens with one attached hydrogen (secondary N) is 3. The van der Waals surface area contributed by atoms with Crippen molar-refractivity contribution in [3.63, 3.8) is 0 Å². The van der Waals surface area contributed by atoms with Crippen molar-refractivity contribution in [3.8, 4) is 0 Å². The minimum absolute atomic E-state index is 0.160. The second-order valence-corrected chi connectivity index (χ2v) is 9.00. The smallest absolute Gasteiger partial charge is 0.412 e. The molecule has 0 aromatic heterocycles. The molecular formula is C21H27ClFN3O5S. The second-order valence-electron chi connectivity index (χ2n) is 6.86. The molecule has 0 saturated heterocycles. The first kappa shape index (κ1) is 26.0. The largest absolute Gasteiger partial charge is 0.442 e. The number of amides is 1. The highest BCUT2D eigenvalue weighted by Crippen LogP contribution is 2.21. The number of hydrogen-bond acceptors (Lipinski definition) is 6. The van der Waals surface area contributed by atoms with E-state index in [0.717, 1.165) is 18.2 Å². The minimum atomic E-state index is -3.81. The number of sulfonamides is 1. The zero-order valence-corrected chi connectivity index (χ0v) is 19.2. The number of methoxy groups -OCH3 is 1. The molecule has 1 atom stereocenters. The summed E-state index contributed by atoms with van der Waals surface area (Å²) in [5.74, 6) is -0.603. The molecule has 0 saturated carbocycles. The molecule has 0 aliphatic carbocycles. The van der Waals surface area contributed by atoms with Crippen molar-refractivity contribution in [3.05, 3.63) is 59.4 Å². The van der Waals surface area contributed by atoms with E-state index < -0.39 is 28.0 Å². The van der Waals surface area contributed by atoms with E-state index in [0.29, 0.717) is 31.6 Å². The molecule has 1 amide bonds. The molecule has 32 heavy (non-hydrogen) atoms. The molecule has 0 aliphatic rings. The lowest BCUT2D eigenvalue weighted by Crippen LogP contribution is -2.36. The molecule has 0 fully saturated rings. The van der Waals surface area contributed by atoms with Gasteiger partial charge in [0.15, 0.2) is 0 Å². The van der Waals surface area contributed by atoms with Crippen LogP contribution in [0.5, 0.6) is 0 Å². The van der Waals surface area contributed by atoms with Crippen LogP contribution in [-0.2, 0) is 19.5 Å². The molecule has 2 aromatic rings. The van der Waals surface area contributed by atoms with Crippen LogP contribution in [-0.4, -0.2) is 54.0 Å². The van der Waals surface area contributed by atoms with E-state index in [1.54, 1.807) is 24.3 Å². The third-order valence-corrected chi connectivity index (χ3v) is 6.22. The Morgan fingerprint density at radius 3 is 2.53 bits per heavy atom. The molecule has 0 bridgehead atoms. The lowest BCUT2D eigenvalue weighted by atomic mass is 10.3. The summed E-state index contributed by atoms with van der Waals surface area (Å²) in [6.45, 7) is 1.40. The van der Waals surface area contributed by atoms with E-state index in [-0.39, 0.29) is 23.1 Å². The number of hydrogen-bond donors (Lipinski definition) is 3. The third kappa shape index (κ3) is 9.09. The van der Waals surface area contributed by atoms with Crippen LogP contribution in [0.2, 0.25) is 5.02 Å². The summed E-state index contributed by atoms with van der Waals surface area (Å²) in [5, 5.41) is 5.64. The number of carbonyl (C=O) groups excluding carboxylic acids is 1. The van der Waals surface area contributed by atoms with Gasteiger partial charge in [0.05, 0.1) is 11.6 Å². The van der Waals surface area contributed by atoms with Crippen LogP contribution in [0.4, 0.5) is 14.9 Å². The molecular weight excluding hydrogens is 461 g/mol. The summed E-state index contributed by atoms with van der Waals surface area (Å²) < 4.78 is 50.5. The maximum atomic E-state index is 13.1. The van der Waals surface area contributed by atoms with Crippen LogP contribution in [0.1, 0.15) is 12.8 Å². The molecule has 0 spiro atoms. The monoisotopic (exact) mass is 487 g/mol. The highest BCUT2D eigenvalue weighted by Gasteiger charge is 2.18. The van der Waals surface area contributed by atoms with Crippen LogP contribution in [0.25, 0.3) is 0 Å². The molecule has 2 aromatic carbocycles. The first-order valence-electron chi connectivity index (χ1n) is 9.99. The number of rotatable bonds is 13. The van der Waals surface area contributed by atoms with Gasteiger partial charge in [0.25, 0.3) is 0 Å². The van der Waals surface area contributed by atoms with Crippen molar-refractivity contribution < 1.29 is 27.1 Å². The van der Waals surface area contributed by atoms with Crippen LogP contribution < -0.4 is 15.4 Å². The van der Waals surface area contributed by atoms with Gasteiger partial charge in [-0.3, -0.25) is 5.32 Å². The fourth-order valence-electron chi connectivity index (χ4n) is 2.76. The Hall–Kier alpha value is -2.24. The maximum absolute atomic E-state index is 13.1. The highest BCUT2D eigenvalue weighted by atomic mass is 35.5. The molecule has 0 aliphatic heterocycles. The van der Waals surface area contributed by atoms with Crippen LogP contribution in [0.15, 0.2) is 53.4 Å². The number of anilines is 1. The van der Waals surface area contributed by atoms with Crippen molar-refractivity contribution in [2.45, 2.75) is 23.8 Å². The van der Waals surface area contributed by atoms with Gasteiger partial charge in [0.2, 0.25) is 10.0 Å². The molecule has 11 heteroatoms. The van der Waals surface area contributed by atoms with E-state index >= 15 is 0 Å². The summed E-state index contributed by atoms with van der Waals surface area (Å²) >= 11 is 5.81. The summed E-state index contributed by atoms with van der Waals surface area (Å²) in [6, 6.07) is 12.1. The fraction of sp³-hybridized carbons (Fsp3) is 0.381. The van der Waals surface area contributed by atoms with E-state index in [1.165, 1.54) is 7.11 Å². The Labute approximate surface area is 192 Å². The molecule has 0 heterocycles. The maximum Gasteiger partial charge on any atom is 0.412 e. The standard InChI is InChI=1S/C21H27ClFN3O5S/c1-30-15-18(31-21(27)26-17-7-3-2-4-8-17)14-24-11-5-6-12-25-32(28,29)20-10-9-16(23)13-19(20)22/h2-4,7-10,13,18,24-25H,5-6,11-12,14-15H2,1H3,(H,26,27)/t18-/m1/s1. The Bertz CT molecular complexity index is 963. The Kier molecular flexibility index (Phi) is 10.8. The number of benzene rings is 2. The lowest BCUT2D eigenvalue weighted by molar-refractivity contribution is 0.0464. The average Bonchev–Trinajstić information content (AvgIpc) is 2.73. The molecule has 2 rings (SSSR count). The van der Waals surface area contributed by atoms with E-state index in [1.807, 2.05) is 6.07 Å². The normalized spacial score (nSPS) is 12.3. The second kappa shape index (κ2) is 13.3. The van der Waals surface area contributed by atoms with Gasteiger partial charge in [-0.2, -0.15) is 0 Å². The molecule has 0 radical (unpaired) electrons. The topological polar surface area (TPSA) is 106 Å². The number of para-hydroxylation sites is 1. The van der Waals surface area contributed by atoms with Crippen molar-refractivity contribution in [2.75, 3.05) is 38.7 Å². The van der Waals surface area contributed by atoms with Gasteiger partial charge in [-0.15, -0.1) is 0 Å². The molecule has 3 N–H and O–H groups in total. The van der Waals surface area contributed by atoms with E-state index in [4.69, 9.17) is 21.1 Å². The van der Waals surface area contributed by atoms with Crippen LogP contribution >= 0.6 is 11.6 Å². The zero-order valence-electron chi connectivity index (χ0n) is 17.6. The van der Waals surface area contributed by atoms with Gasteiger partial charge in [-0.05, 0) is 49.7 Å². The summed E-state index contributed by atoms with van der Waals surface area (Å²) in [6.07, 6.45) is 0.182. The Morgan fingerprint density at radius 2 is 1.84 bits per heavy atom. The first-order chi connectivity index (χ1) is 15.3. The lowest BCUT2D eigenvalue weighted by Gasteiger charge is -2.18. The average molecular weight is 488 g/mol. The summed E-state index contributed by atoms with van der Waals surface area (Å²) in [5.41, 5.74) is 0.631. The quantitative estimate of drug-likeness (QED) is 0.374. The van der Waals surface area contributed by atoms with Gasteiger partial charge in [-0.1, -0.05) is 29.8 Å². The van der Waals surface area contributed by atoms with E-state index in [2.05, 4.69) is 15.4 Å². The SMILES string of the molecule is COC[C@@H](CNCCCCNS(=O)(=O)c1ccc(F)cc1Cl)OC(=O)Nc1ccccc1. The third-order valence-electron chi connectivity index (χ3n) is 4.27. The fourth-order valence-corrected chi connectivity index (χ4v) is 4.36. The van der Waals surface area contributed by atoms with E-state index in [9.17, 15) is 17.6 Å². The number of unbranched alkanes of at least 4 members (excludes halogenated alkanes) is 1. The van der Waals surface area contributed by atoms with Crippen molar-refractivity contribution in [2.24, 2.45) is 0 Å². The molecule has 0 unspecified atom stereocenters. The number of ether oxygens (including phenoxy) is 2. The molecule has 8 nitrogen and oxygen atoms in total. The predicted octanol–water partition coefficient (Wildman–Crippen LogP) is 3.39. The van der Waals surface area contributed by atoms with Gasteiger partial charge in [0, 0.05) is 25.9 Å². The highest BCUT2D eigenvalue weighted by molar-refractivity contribution is 7.89. The van der Waals surface area contributed by atoms with Crippen molar-refractivity contribution >= 4 is 33.4 Å². The summed E-state index contributed by atoms with van der Waals surface area (Å²) in [4.78, 5) is 11.9. The van der Waals surface area contributed by atoms with Gasteiger partial charge in [0.1, 0.15) is 16.8 Å². The summed E-state index contributed by atoms with van der Waals surface area (Å²) in [7, 11) is -2.29. The number of halogens is 2. The van der Waals surface area contributed by atoms with Crippen LogP contribution in [0, 0.1) is 5.82 Å². The zero-order chi connectivity index (χ0) is 23.4. The van der Waals surface area contributed by atoms with Gasteiger partial charge in [-0.25, -0.2) is 22.3 Å². The van der Waals surface area contributed by atoms with Crippen LogP contribution in [0.3, 0.4) is 0 Å².